The molecular formula is C18H29NO. The molecule has 2 unspecified atom stereocenters. The van der Waals surface area contributed by atoms with Gasteiger partial charge in [-0.05, 0) is 55.7 Å². The van der Waals surface area contributed by atoms with E-state index in [1.54, 1.807) is 7.11 Å². The van der Waals surface area contributed by atoms with Crippen molar-refractivity contribution >= 4 is 0 Å². The fraction of sp³-hybridized carbons (Fsp3) is 0.667. The van der Waals surface area contributed by atoms with Crippen LogP contribution in [0.5, 0.6) is 5.75 Å². The van der Waals surface area contributed by atoms with Gasteiger partial charge in [0.25, 0.3) is 0 Å². The Labute approximate surface area is 123 Å². The van der Waals surface area contributed by atoms with Crippen LogP contribution in [0.1, 0.15) is 52.0 Å². The second-order valence-corrected chi connectivity index (χ2v) is 6.89. The molecule has 1 aromatic rings. The lowest BCUT2D eigenvalue weighted by atomic mass is 9.87. The van der Waals surface area contributed by atoms with Gasteiger partial charge in [-0.15, -0.1) is 0 Å². The minimum Gasteiger partial charge on any atom is -0.497 e. The van der Waals surface area contributed by atoms with Gasteiger partial charge in [-0.25, -0.2) is 0 Å². The van der Waals surface area contributed by atoms with Crippen molar-refractivity contribution in [3.05, 3.63) is 29.8 Å². The lowest BCUT2D eigenvalue weighted by molar-refractivity contribution is 0.261. The van der Waals surface area contributed by atoms with Crippen LogP contribution in [0.3, 0.4) is 0 Å². The summed E-state index contributed by atoms with van der Waals surface area (Å²) in [6, 6.07) is 9.71. The highest BCUT2D eigenvalue weighted by atomic mass is 16.5. The Hall–Kier alpha value is -1.02. The largest absolute Gasteiger partial charge is 0.497 e. The van der Waals surface area contributed by atoms with Gasteiger partial charge in [0.05, 0.1) is 7.11 Å². The van der Waals surface area contributed by atoms with Gasteiger partial charge in [0.15, 0.2) is 0 Å². The third-order valence-corrected chi connectivity index (χ3v) is 4.77. The second kappa shape index (κ2) is 6.62. The third kappa shape index (κ3) is 3.99. The molecule has 0 amide bonds. The number of benzene rings is 1. The van der Waals surface area contributed by atoms with Crippen LogP contribution in [0.15, 0.2) is 24.3 Å². The molecule has 0 bridgehead atoms. The zero-order valence-corrected chi connectivity index (χ0v) is 13.4. The van der Waals surface area contributed by atoms with E-state index in [0.29, 0.717) is 17.5 Å². The van der Waals surface area contributed by atoms with Crippen molar-refractivity contribution in [1.82, 2.24) is 5.32 Å². The molecule has 112 valence electrons. The summed E-state index contributed by atoms with van der Waals surface area (Å²) in [6.07, 6.45) is 6.38. The fourth-order valence-corrected chi connectivity index (χ4v) is 3.24. The van der Waals surface area contributed by atoms with Gasteiger partial charge in [0, 0.05) is 12.1 Å². The molecule has 1 aliphatic carbocycles. The minimum absolute atomic E-state index is 0.467. The average molecular weight is 275 g/mol. The topological polar surface area (TPSA) is 21.3 Å². The molecule has 0 heterocycles. The van der Waals surface area contributed by atoms with Crippen molar-refractivity contribution in [1.29, 1.82) is 0 Å². The molecule has 20 heavy (non-hydrogen) atoms. The van der Waals surface area contributed by atoms with Crippen molar-refractivity contribution < 1.29 is 4.74 Å². The summed E-state index contributed by atoms with van der Waals surface area (Å²) in [5, 5.41) is 3.84. The summed E-state index contributed by atoms with van der Waals surface area (Å²) in [6.45, 7) is 7.11. The summed E-state index contributed by atoms with van der Waals surface area (Å²) in [5.74, 6) is 0.938. The molecule has 1 aliphatic rings. The number of hydrogen-bond donors (Lipinski definition) is 1. The van der Waals surface area contributed by atoms with E-state index < -0.39 is 0 Å². The van der Waals surface area contributed by atoms with E-state index in [9.17, 15) is 0 Å². The van der Waals surface area contributed by atoms with Crippen LogP contribution in [0, 0.1) is 5.41 Å². The normalized spacial score (nSPS) is 22.7. The standard InChI is InChI=1S/C18H29NO/c1-14(19-17-6-5-13-18(17,2)3)7-8-15-9-11-16(20-4)12-10-15/h9-12,14,17,19H,5-8,13H2,1-4H3. The van der Waals surface area contributed by atoms with Crippen molar-refractivity contribution in [2.75, 3.05) is 7.11 Å². The fourth-order valence-electron chi connectivity index (χ4n) is 3.24. The first kappa shape index (κ1) is 15.4. The number of nitrogens with one attached hydrogen (secondary N) is 1. The summed E-state index contributed by atoms with van der Waals surface area (Å²) >= 11 is 0. The maximum atomic E-state index is 5.19. The Kier molecular flexibility index (Phi) is 5.09. The highest BCUT2D eigenvalue weighted by molar-refractivity contribution is 5.27. The van der Waals surface area contributed by atoms with E-state index in [1.165, 1.54) is 31.2 Å². The number of ether oxygens (including phenoxy) is 1. The predicted molar refractivity (Wildman–Crippen MR) is 85.3 cm³/mol. The molecule has 2 nitrogen and oxygen atoms in total. The third-order valence-electron chi connectivity index (χ3n) is 4.77. The van der Waals surface area contributed by atoms with Gasteiger partial charge in [0.1, 0.15) is 5.75 Å². The van der Waals surface area contributed by atoms with E-state index in [4.69, 9.17) is 4.74 Å². The molecule has 1 saturated carbocycles. The van der Waals surface area contributed by atoms with E-state index in [2.05, 4.69) is 38.2 Å². The van der Waals surface area contributed by atoms with E-state index in [0.717, 1.165) is 12.2 Å². The quantitative estimate of drug-likeness (QED) is 0.840. The Balaban J connectivity index is 1.78. The molecule has 1 fully saturated rings. The zero-order valence-electron chi connectivity index (χ0n) is 13.4. The van der Waals surface area contributed by atoms with Crippen LogP contribution in [0.2, 0.25) is 0 Å². The van der Waals surface area contributed by atoms with Gasteiger partial charge in [0.2, 0.25) is 0 Å². The smallest absolute Gasteiger partial charge is 0.118 e. The first-order chi connectivity index (χ1) is 9.51. The maximum absolute atomic E-state index is 5.19. The molecule has 2 heteroatoms. The van der Waals surface area contributed by atoms with E-state index in [-0.39, 0.29) is 0 Å². The van der Waals surface area contributed by atoms with E-state index in [1.807, 2.05) is 12.1 Å². The lowest BCUT2D eigenvalue weighted by Crippen LogP contribution is -2.42. The number of hydrogen-bond acceptors (Lipinski definition) is 2. The van der Waals surface area contributed by atoms with Crippen LogP contribution in [-0.2, 0) is 6.42 Å². The second-order valence-electron chi connectivity index (χ2n) is 6.89. The average Bonchev–Trinajstić information content (AvgIpc) is 2.76. The highest BCUT2D eigenvalue weighted by Crippen LogP contribution is 2.37. The first-order valence-electron chi connectivity index (χ1n) is 7.90. The zero-order chi connectivity index (χ0) is 14.6. The molecule has 2 rings (SSSR count). The Bertz CT molecular complexity index is 410. The number of rotatable bonds is 6. The van der Waals surface area contributed by atoms with Crippen LogP contribution >= 0.6 is 0 Å². The Morgan fingerprint density at radius 1 is 1.30 bits per heavy atom. The first-order valence-corrected chi connectivity index (χ1v) is 7.90. The van der Waals surface area contributed by atoms with Crippen molar-refractivity contribution in [2.24, 2.45) is 5.41 Å². The number of aryl methyl sites for hydroxylation is 1. The Morgan fingerprint density at radius 3 is 2.55 bits per heavy atom. The molecule has 1 N–H and O–H groups in total. The summed E-state index contributed by atoms with van der Waals surface area (Å²) in [7, 11) is 1.71. The lowest BCUT2D eigenvalue weighted by Gasteiger charge is -2.31. The summed E-state index contributed by atoms with van der Waals surface area (Å²) in [5.41, 5.74) is 1.86. The maximum Gasteiger partial charge on any atom is 0.118 e. The molecular weight excluding hydrogens is 246 g/mol. The van der Waals surface area contributed by atoms with E-state index >= 15 is 0 Å². The van der Waals surface area contributed by atoms with Crippen LogP contribution in [-0.4, -0.2) is 19.2 Å². The molecule has 0 radical (unpaired) electrons. The Morgan fingerprint density at radius 2 is 2.00 bits per heavy atom. The molecule has 0 aliphatic heterocycles. The van der Waals surface area contributed by atoms with Gasteiger partial charge in [-0.1, -0.05) is 32.4 Å². The van der Waals surface area contributed by atoms with Crippen LogP contribution in [0.25, 0.3) is 0 Å². The SMILES string of the molecule is COc1ccc(CCC(C)NC2CCCC2(C)C)cc1. The predicted octanol–water partition coefficient (Wildman–Crippen LogP) is 4.18. The van der Waals surface area contributed by atoms with Crippen molar-refractivity contribution in [2.45, 2.75) is 65.0 Å². The highest BCUT2D eigenvalue weighted by Gasteiger charge is 2.34. The van der Waals surface area contributed by atoms with Gasteiger partial charge < -0.3 is 10.1 Å². The number of methoxy groups -OCH3 is 1. The monoisotopic (exact) mass is 275 g/mol. The van der Waals surface area contributed by atoms with Crippen LogP contribution in [0.4, 0.5) is 0 Å². The van der Waals surface area contributed by atoms with Crippen molar-refractivity contribution in [3.63, 3.8) is 0 Å². The molecule has 0 aromatic heterocycles. The molecule has 0 spiro atoms. The minimum atomic E-state index is 0.467. The molecule has 2 atom stereocenters. The molecule has 0 saturated heterocycles. The van der Waals surface area contributed by atoms with Gasteiger partial charge >= 0.3 is 0 Å². The summed E-state index contributed by atoms with van der Waals surface area (Å²) < 4.78 is 5.19. The van der Waals surface area contributed by atoms with Crippen LogP contribution < -0.4 is 10.1 Å². The van der Waals surface area contributed by atoms with Gasteiger partial charge in [-0.2, -0.15) is 0 Å². The molecule has 1 aromatic carbocycles. The van der Waals surface area contributed by atoms with Gasteiger partial charge in [-0.3, -0.25) is 0 Å². The summed E-state index contributed by atoms with van der Waals surface area (Å²) in [4.78, 5) is 0. The van der Waals surface area contributed by atoms with Crippen molar-refractivity contribution in [3.8, 4) is 5.75 Å².